The zero-order valence-electron chi connectivity index (χ0n) is 11.2. The van der Waals surface area contributed by atoms with Crippen LogP contribution in [0, 0.1) is 27.7 Å². The molecule has 0 unspecified atom stereocenters. The maximum atomic E-state index is 13.6. The summed E-state index contributed by atoms with van der Waals surface area (Å²) in [5.41, 5.74) is -0.547. The number of nitro groups is 1. The van der Waals surface area contributed by atoms with Crippen molar-refractivity contribution in [3.8, 4) is 0 Å². The van der Waals surface area contributed by atoms with Gasteiger partial charge in [-0.05, 0) is 25.3 Å². The van der Waals surface area contributed by atoms with Gasteiger partial charge in [0, 0.05) is 24.2 Å². The average molecular weight is 284 g/mol. The molecule has 1 saturated carbocycles. The first-order valence-corrected chi connectivity index (χ1v) is 6.91. The molecule has 0 saturated heterocycles. The highest BCUT2D eigenvalue weighted by Crippen LogP contribution is 2.24. The fraction of sp³-hybridized carbons (Fsp3) is 0.571. The molecule has 0 heterocycles. The van der Waals surface area contributed by atoms with Crippen LogP contribution < -0.4 is 5.32 Å². The van der Waals surface area contributed by atoms with Gasteiger partial charge in [0.15, 0.2) is 0 Å². The second kappa shape index (κ2) is 6.74. The minimum Gasteiger partial charge on any atom is -0.312 e. The number of nitro benzene ring substituents is 1. The molecule has 0 amide bonds. The van der Waals surface area contributed by atoms with Crippen molar-refractivity contribution >= 4 is 5.69 Å². The van der Waals surface area contributed by atoms with Crippen molar-refractivity contribution in [2.24, 2.45) is 5.92 Å². The fourth-order valence-electron chi connectivity index (χ4n) is 2.66. The van der Waals surface area contributed by atoms with E-state index in [1.807, 2.05) is 0 Å². The number of hydrogen-bond donors (Lipinski definition) is 1. The van der Waals surface area contributed by atoms with E-state index in [1.54, 1.807) is 0 Å². The predicted molar refractivity (Wildman–Crippen MR) is 71.3 cm³/mol. The molecule has 2 rings (SSSR count). The molecule has 1 N–H and O–H groups in total. The Morgan fingerprint density at radius 3 is 2.55 bits per heavy atom. The zero-order valence-corrected chi connectivity index (χ0v) is 11.2. The summed E-state index contributed by atoms with van der Waals surface area (Å²) in [6, 6.07) is 1.55. The quantitative estimate of drug-likeness (QED) is 0.664. The minimum absolute atomic E-state index is 0.133. The highest BCUT2D eigenvalue weighted by molar-refractivity contribution is 5.37. The number of halogens is 2. The largest absolute Gasteiger partial charge is 0.312 e. The molecule has 1 aliphatic carbocycles. The van der Waals surface area contributed by atoms with Crippen LogP contribution >= 0.6 is 0 Å². The Morgan fingerprint density at radius 1 is 1.20 bits per heavy atom. The number of benzene rings is 1. The number of hydrogen-bond acceptors (Lipinski definition) is 3. The number of rotatable bonds is 5. The van der Waals surface area contributed by atoms with Crippen molar-refractivity contribution in [1.29, 1.82) is 0 Å². The molecular weight excluding hydrogens is 266 g/mol. The summed E-state index contributed by atoms with van der Waals surface area (Å²) in [5, 5.41) is 13.7. The van der Waals surface area contributed by atoms with Crippen LogP contribution in [0.15, 0.2) is 12.1 Å². The van der Waals surface area contributed by atoms with E-state index in [-0.39, 0.29) is 12.1 Å². The summed E-state index contributed by atoms with van der Waals surface area (Å²) in [5.74, 6) is -1.30. The first-order valence-electron chi connectivity index (χ1n) is 6.91. The summed E-state index contributed by atoms with van der Waals surface area (Å²) in [6.45, 7) is 0.952. The molecule has 20 heavy (non-hydrogen) atoms. The highest BCUT2D eigenvalue weighted by Gasteiger charge is 2.19. The lowest BCUT2D eigenvalue weighted by Crippen LogP contribution is -2.24. The van der Waals surface area contributed by atoms with Gasteiger partial charge in [-0.2, -0.15) is 4.39 Å². The fourth-order valence-corrected chi connectivity index (χ4v) is 2.66. The van der Waals surface area contributed by atoms with Crippen LogP contribution in [-0.4, -0.2) is 11.5 Å². The Morgan fingerprint density at radius 2 is 1.90 bits per heavy atom. The molecule has 1 aliphatic rings. The van der Waals surface area contributed by atoms with Gasteiger partial charge in [-0.15, -0.1) is 0 Å². The van der Waals surface area contributed by atoms with Gasteiger partial charge in [0.05, 0.1) is 4.92 Å². The van der Waals surface area contributed by atoms with Crippen molar-refractivity contribution in [1.82, 2.24) is 5.32 Å². The van der Waals surface area contributed by atoms with Gasteiger partial charge in [-0.1, -0.05) is 19.3 Å². The Bertz CT molecular complexity index is 488. The smallest absolute Gasteiger partial charge is 0.305 e. The van der Waals surface area contributed by atoms with Gasteiger partial charge in [-0.25, -0.2) is 4.39 Å². The second-order valence-corrected chi connectivity index (χ2v) is 5.29. The summed E-state index contributed by atoms with van der Waals surface area (Å²) in [7, 11) is 0. The molecule has 0 aliphatic heterocycles. The lowest BCUT2D eigenvalue weighted by Gasteiger charge is -2.21. The van der Waals surface area contributed by atoms with E-state index >= 15 is 0 Å². The molecule has 4 nitrogen and oxygen atoms in total. The molecule has 1 aromatic rings. The Balaban J connectivity index is 1.94. The van der Waals surface area contributed by atoms with Gasteiger partial charge in [-0.3, -0.25) is 10.1 Å². The van der Waals surface area contributed by atoms with Crippen LogP contribution in [0.2, 0.25) is 0 Å². The molecule has 110 valence electrons. The van der Waals surface area contributed by atoms with E-state index in [4.69, 9.17) is 0 Å². The Kier molecular flexibility index (Phi) is 5.00. The van der Waals surface area contributed by atoms with Gasteiger partial charge < -0.3 is 5.32 Å². The monoisotopic (exact) mass is 284 g/mol. The third-order valence-electron chi connectivity index (χ3n) is 3.79. The molecule has 0 spiro atoms. The molecule has 1 aromatic carbocycles. The molecule has 1 fully saturated rings. The van der Waals surface area contributed by atoms with E-state index in [0.717, 1.165) is 12.6 Å². The van der Waals surface area contributed by atoms with E-state index in [1.165, 1.54) is 32.1 Å². The van der Waals surface area contributed by atoms with Crippen molar-refractivity contribution in [3.63, 3.8) is 0 Å². The second-order valence-electron chi connectivity index (χ2n) is 5.29. The highest BCUT2D eigenvalue weighted by atomic mass is 19.1. The standard InChI is InChI=1S/C14H18F2N2O2/c15-12-7-13(16)14(18(19)20)6-11(12)9-17-8-10-4-2-1-3-5-10/h6-7,10,17H,1-5,8-9H2. The van der Waals surface area contributed by atoms with Gasteiger partial charge in [0.1, 0.15) is 5.82 Å². The maximum Gasteiger partial charge on any atom is 0.305 e. The summed E-state index contributed by atoms with van der Waals surface area (Å²) >= 11 is 0. The molecule has 6 heteroatoms. The first kappa shape index (κ1) is 14.8. The van der Waals surface area contributed by atoms with Crippen LogP contribution in [0.5, 0.6) is 0 Å². The molecule has 0 atom stereocenters. The van der Waals surface area contributed by atoms with Crippen molar-refractivity contribution in [2.45, 2.75) is 38.6 Å². The molecule has 0 aromatic heterocycles. The summed E-state index contributed by atoms with van der Waals surface area (Å²) in [4.78, 5) is 9.80. The number of nitrogens with zero attached hydrogens (tertiary/aromatic N) is 1. The average Bonchev–Trinajstić information content (AvgIpc) is 2.42. The van der Waals surface area contributed by atoms with Crippen molar-refractivity contribution in [2.75, 3.05) is 6.54 Å². The van der Waals surface area contributed by atoms with E-state index in [0.29, 0.717) is 12.0 Å². The lowest BCUT2D eigenvalue weighted by atomic mass is 9.89. The van der Waals surface area contributed by atoms with E-state index < -0.39 is 22.2 Å². The maximum absolute atomic E-state index is 13.6. The topological polar surface area (TPSA) is 55.2 Å². The molecular formula is C14H18F2N2O2. The Labute approximate surface area is 116 Å². The van der Waals surface area contributed by atoms with Gasteiger partial charge in [0.25, 0.3) is 0 Å². The first-order chi connectivity index (χ1) is 9.58. The summed E-state index contributed by atoms with van der Waals surface area (Å²) in [6.07, 6.45) is 6.05. The third kappa shape index (κ3) is 3.72. The van der Waals surface area contributed by atoms with Crippen LogP contribution in [0.25, 0.3) is 0 Å². The van der Waals surface area contributed by atoms with Gasteiger partial charge >= 0.3 is 5.69 Å². The van der Waals surface area contributed by atoms with E-state index in [2.05, 4.69) is 5.32 Å². The van der Waals surface area contributed by atoms with Crippen LogP contribution in [-0.2, 0) is 6.54 Å². The molecule has 0 radical (unpaired) electrons. The summed E-state index contributed by atoms with van der Waals surface area (Å²) < 4.78 is 26.7. The molecule has 0 bridgehead atoms. The SMILES string of the molecule is O=[N+]([O-])c1cc(CNCC2CCCCC2)c(F)cc1F. The minimum atomic E-state index is -1.14. The van der Waals surface area contributed by atoms with Crippen LogP contribution in [0.3, 0.4) is 0 Å². The third-order valence-corrected chi connectivity index (χ3v) is 3.79. The zero-order chi connectivity index (χ0) is 14.5. The van der Waals surface area contributed by atoms with Gasteiger partial charge in [0.2, 0.25) is 5.82 Å². The number of nitrogens with one attached hydrogen (secondary N) is 1. The van der Waals surface area contributed by atoms with E-state index in [9.17, 15) is 18.9 Å². The lowest BCUT2D eigenvalue weighted by molar-refractivity contribution is -0.387. The van der Waals surface area contributed by atoms with Crippen LogP contribution in [0.1, 0.15) is 37.7 Å². The van der Waals surface area contributed by atoms with Crippen molar-refractivity contribution in [3.05, 3.63) is 39.4 Å². The van der Waals surface area contributed by atoms with Crippen LogP contribution in [0.4, 0.5) is 14.5 Å². The van der Waals surface area contributed by atoms with Crippen molar-refractivity contribution < 1.29 is 13.7 Å². The normalized spacial score (nSPS) is 16.3. The predicted octanol–water partition coefficient (Wildman–Crippen LogP) is 3.54. The Hall–Kier alpha value is -1.56.